The maximum absolute atomic E-state index is 11.7. The molecule has 0 atom stereocenters. The number of halogens is 1. The summed E-state index contributed by atoms with van der Waals surface area (Å²) in [5.41, 5.74) is 10.4. The Balaban J connectivity index is 0.000000159. The minimum absolute atomic E-state index is 0.0448. The van der Waals surface area contributed by atoms with Gasteiger partial charge < -0.3 is 9.31 Å². The lowest BCUT2D eigenvalue weighted by Crippen LogP contribution is -2.41. The van der Waals surface area contributed by atoms with Crippen LogP contribution in [0, 0.1) is 17.4 Å². The predicted molar refractivity (Wildman–Crippen MR) is 272 cm³/mol. The molecule has 1 aliphatic rings. The molecule has 0 aliphatic carbocycles. The number of pyridine rings is 4. The summed E-state index contributed by atoms with van der Waals surface area (Å²) in [6.07, 6.45) is 3.69. The maximum atomic E-state index is 11.7. The van der Waals surface area contributed by atoms with Gasteiger partial charge in [-0.3, -0.25) is 9.59 Å². The Morgan fingerprint density at radius 3 is 1.47 bits per heavy atom. The topological polar surface area (TPSA) is 140 Å². The van der Waals surface area contributed by atoms with Crippen LogP contribution in [-0.2, 0) is 9.31 Å². The summed E-state index contributed by atoms with van der Waals surface area (Å²) in [4.78, 5) is 41.6. The molecule has 0 spiro atoms. The average Bonchev–Trinajstić information content (AvgIpc) is 3.97. The van der Waals surface area contributed by atoms with Gasteiger partial charge >= 0.3 is 7.12 Å². The molecule has 0 radical (unpaired) electrons. The zero-order valence-corrected chi connectivity index (χ0v) is 41.1. The number of aryl methyl sites for hydroxylation is 2. The fourth-order valence-electron chi connectivity index (χ4n) is 7.15. The number of nitrogens with zero attached hydrogens (tertiary/aromatic N) is 8. The normalized spacial score (nSPS) is 13.7. The summed E-state index contributed by atoms with van der Waals surface area (Å²) in [5.74, 6) is 1.43. The lowest BCUT2D eigenvalue weighted by Gasteiger charge is -2.32. The zero-order valence-electron chi connectivity index (χ0n) is 39.0. The second-order valence-electron chi connectivity index (χ2n) is 17.4. The molecule has 0 unspecified atom stereocenters. The van der Waals surface area contributed by atoms with E-state index >= 15 is 0 Å². The van der Waals surface area contributed by atoms with E-state index in [1.165, 1.54) is 13.8 Å². The van der Waals surface area contributed by atoms with Crippen molar-refractivity contribution in [2.75, 3.05) is 0 Å². The number of aromatic nitrogens is 8. The van der Waals surface area contributed by atoms with E-state index in [1.54, 1.807) is 12.1 Å². The average molecular weight is 991 g/mol. The van der Waals surface area contributed by atoms with Crippen molar-refractivity contribution >= 4 is 68.7 Å². The third-order valence-electron chi connectivity index (χ3n) is 11.4. The molecule has 1 aliphatic heterocycles. The number of benzene rings is 2. The van der Waals surface area contributed by atoms with E-state index in [4.69, 9.17) is 9.31 Å². The van der Waals surface area contributed by atoms with Crippen molar-refractivity contribution in [2.24, 2.45) is 0 Å². The van der Waals surface area contributed by atoms with Gasteiger partial charge in [-0.05, 0) is 156 Å². The summed E-state index contributed by atoms with van der Waals surface area (Å²) in [6.45, 7) is 26.9. The van der Waals surface area contributed by atoms with E-state index in [1.807, 2.05) is 156 Å². The van der Waals surface area contributed by atoms with Crippen molar-refractivity contribution in [3.05, 3.63) is 160 Å². The number of allylic oxidation sites excluding steroid dienone is 2. The molecule has 7 heterocycles. The Morgan fingerprint density at radius 2 is 1.05 bits per heavy atom. The molecule has 0 saturated carbocycles. The van der Waals surface area contributed by atoms with Crippen molar-refractivity contribution in [2.45, 2.75) is 80.4 Å². The Labute approximate surface area is 399 Å². The third kappa shape index (κ3) is 10.2. The van der Waals surface area contributed by atoms with E-state index in [9.17, 15) is 9.59 Å². The van der Waals surface area contributed by atoms with Gasteiger partial charge in [0.1, 0.15) is 11.4 Å². The summed E-state index contributed by atoms with van der Waals surface area (Å²) < 4.78 is 16.1. The third-order valence-corrected chi connectivity index (χ3v) is 12.3. The molecule has 66 heavy (non-hydrogen) atoms. The second kappa shape index (κ2) is 19.2. The highest BCUT2D eigenvalue weighted by atomic mass is 127. The van der Waals surface area contributed by atoms with Crippen LogP contribution in [0.4, 0.5) is 0 Å². The van der Waals surface area contributed by atoms with Gasteiger partial charge in [-0.2, -0.15) is 10.2 Å². The van der Waals surface area contributed by atoms with Crippen molar-refractivity contribution in [1.29, 1.82) is 0 Å². The SMILES string of the molecule is C=C(C)B1OC(C)(C)C(C)(C)O1.C=C(C)c1cc(-c2cccc(C(C)=O)n2)cc2c1cnn2-c1cccc(C)n1.CC(=O)c1cccc(-c2cc(I)c3cnn(-c4cccc(C)n4)c3c2)n1. The van der Waals surface area contributed by atoms with E-state index in [-0.39, 0.29) is 29.9 Å². The molecular formula is C52H52BIN8O4. The van der Waals surface area contributed by atoms with Crippen LogP contribution in [0.1, 0.15) is 93.3 Å². The van der Waals surface area contributed by atoms with Gasteiger partial charge in [0.15, 0.2) is 23.2 Å². The lowest BCUT2D eigenvalue weighted by molar-refractivity contribution is 0.00578. The Hall–Kier alpha value is -6.49. The molecule has 0 bridgehead atoms. The number of rotatable bonds is 8. The van der Waals surface area contributed by atoms with Gasteiger partial charge in [0.25, 0.3) is 0 Å². The fourth-order valence-corrected chi connectivity index (χ4v) is 7.90. The predicted octanol–water partition coefficient (Wildman–Crippen LogP) is 11.8. The van der Waals surface area contributed by atoms with Gasteiger partial charge in [0, 0.05) is 50.7 Å². The van der Waals surface area contributed by atoms with Crippen molar-refractivity contribution in [1.82, 2.24) is 39.5 Å². The number of Topliss-reactive ketones (excluding diaryl/α,β-unsaturated/α-hetero) is 2. The molecular weight excluding hydrogens is 938 g/mol. The minimum Gasteiger partial charge on any atom is -0.400 e. The number of fused-ring (bicyclic) bond motifs is 2. The molecule has 0 N–H and O–H groups in total. The van der Waals surface area contributed by atoms with Crippen LogP contribution in [0.15, 0.2) is 128 Å². The highest BCUT2D eigenvalue weighted by Crippen LogP contribution is 2.38. The molecule has 2 aromatic carbocycles. The Kier molecular flexibility index (Phi) is 13.8. The largest absolute Gasteiger partial charge is 0.489 e. The first-order valence-corrected chi connectivity index (χ1v) is 22.5. The Morgan fingerprint density at radius 1 is 0.606 bits per heavy atom. The van der Waals surface area contributed by atoms with Crippen molar-refractivity contribution in [3.8, 4) is 34.2 Å². The number of carbonyl (C=O) groups excluding carboxylic acids is 2. The standard InChI is InChI=1S/C23H20N4O.C20H15IN4O.C9H17BO2/c1-14(2)18-11-17(21-9-6-8-20(26-21)16(4)28)12-22-19(18)13-24-27(22)23-10-5-7-15(3)25-23;1-12-5-3-8-20(23-12)25-19-10-14(9-16(21)15(19)11-22-25)18-7-4-6-17(24-18)13(2)26;1-7(2)10-11-8(3,4)9(5,6)12-10/h5-13H,1H2,2-4H3;3-11H,1-2H3;1H2,2-6H3. The second-order valence-corrected chi connectivity index (χ2v) is 18.5. The van der Waals surface area contributed by atoms with Gasteiger partial charge in [-0.15, -0.1) is 6.58 Å². The number of carbonyl (C=O) groups is 2. The Bertz CT molecular complexity index is 3170. The first kappa shape index (κ1) is 47.5. The first-order valence-electron chi connectivity index (χ1n) is 21.4. The summed E-state index contributed by atoms with van der Waals surface area (Å²) in [5, 5.41) is 11.1. The smallest absolute Gasteiger partial charge is 0.400 e. The monoisotopic (exact) mass is 990 g/mol. The zero-order chi connectivity index (χ0) is 47.7. The molecule has 12 nitrogen and oxygen atoms in total. The molecule has 14 heteroatoms. The quantitative estimate of drug-likeness (QED) is 0.0821. The van der Waals surface area contributed by atoms with Crippen LogP contribution < -0.4 is 0 Å². The lowest BCUT2D eigenvalue weighted by atomic mass is 9.81. The van der Waals surface area contributed by atoms with E-state index < -0.39 is 0 Å². The molecule has 9 rings (SSSR count). The molecule has 0 amide bonds. The van der Waals surface area contributed by atoms with Crippen LogP contribution in [0.3, 0.4) is 0 Å². The van der Waals surface area contributed by atoms with Crippen LogP contribution in [0.2, 0.25) is 0 Å². The van der Waals surface area contributed by atoms with Gasteiger partial charge in [-0.1, -0.05) is 41.9 Å². The molecule has 8 aromatic rings. The van der Waals surface area contributed by atoms with Crippen LogP contribution in [-0.4, -0.2) is 69.4 Å². The van der Waals surface area contributed by atoms with Crippen molar-refractivity contribution < 1.29 is 18.9 Å². The van der Waals surface area contributed by atoms with Crippen LogP contribution in [0.5, 0.6) is 0 Å². The van der Waals surface area contributed by atoms with Crippen LogP contribution >= 0.6 is 22.6 Å². The van der Waals surface area contributed by atoms with E-state index in [2.05, 4.69) is 71.9 Å². The van der Waals surface area contributed by atoms with Crippen molar-refractivity contribution in [3.63, 3.8) is 0 Å². The van der Waals surface area contributed by atoms with Gasteiger partial charge in [-0.25, -0.2) is 29.3 Å². The first-order chi connectivity index (χ1) is 31.2. The highest BCUT2D eigenvalue weighted by molar-refractivity contribution is 14.1. The van der Waals surface area contributed by atoms with Crippen LogP contribution in [0.25, 0.3) is 61.5 Å². The number of hydrogen-bond donors (Lipinski definition) is 0. The highest BCUT2D eigenvalue weighted by Gasteiger charge is 2.51. The summed E-state index contributed by atoms with van der Waals surface area (Å²) in [6, 6.07) is 30.9. The maximum Gasteiger partial charge on any atom is 0.489 e. The number of hydrogen-bond acceptors (Lipinski definition) is 10. The molecule has 1 saturated heterocycles. The summed E-state index contributed by atoms with van der Waals surface area (Å²) in [7, 11) is -0.241. The van der Waals surface area contributed by atoms with Gasteiger partial charge in [0.2, 0.25) is 0 Å². The van der Waals surface area contributed by atoms with Gasteiger partial charge in [0.05, 0.1) is 46.0 Å². The molecule has 1 fully saturated rings. The van der Waals surface area contributed by atoms with E-state index in [0.717, 1.165) is 87.5 Å². The minimum atomic E-state index is -0.241. The molecule has 6 aromatic heterocycles. The fraction of sp³-hybridized carbons (Fsp3) is 0.231. The number of ketones is 2. The van der Waals surface area contributed by atoms with E-state index in [0.29, 0.717) is 11.4 Å². The molecule has 334 valence electrons. The summed E-state index contributed by atoms with van der Waals surface area (Å²) >= 11 is 2.30.